The summed E-state index contributed by atoms with van der Waals surface area (Å²) in [4.78, 5) is 0. The number of hydrogen-bond donors (Lipinski definition) is 1. The Hall–Kier alpha value is -0.270. The van der Waals surface area contributed by atoms with E-state index in [4.69, 9.17) is 0 Å². The highest BCUT2D eigenvalue weighted by Gasteiger charge is 2.01. The Morgan fingerprint density at radius 3 is 1.68 bits per heavy atom. The van der Waals surface area contributed by atoms with E-state index in [1.807, 2.05) is 19.4 Å². The first-order valence-corrected chi connectivity index (χ1v) is 8.37. The lowest BCUT2D eigenvalue weighted by molar-refractivity contribution is -0.597. The molecule has 0 aromatic rings. The van der Waals surface area contributed by atoms with Crippen LogP contribution in [-0.2, 0) is 10.1 Å². The molecule has 19 heavy (non-hydrogen) atoms. The molecular formula is C12H27F2NO3S. The van der Waals surface area contributed by atoms with Gasteiger partial charge in [0.05, 0.1) is 24.2 Å². The second kappa shape index (κ2) is 14.1. The molecule has 0 saturated heterocycles. The lowest BCUT2D eigenvalue weighted by Gasteiger charge is -2.05. The molecule has 0 spiro atoms. The van der Waals surface area contributed by atoms with Crippen molar-refractivity contribution in [2.75, 3.05) is 19.8 Å². The zero-order valence-electron chi connectivity index (χ0n) is 11.9. The highest BCUT2D eigenvalue weighted by Crippen LogP contribution is 2.11. The number of halogens is 2. The Labute approximate surface area is 115 Å². The third-order valence-electron chi connectivity index (χ3n) is 2.32. The number of rotatable bonds is 10. The first-order chi connectivity index (χ1) is 8.83. The highest BCUT2D eigenvalue weighted by atomic mass is 32.2. The Morgan fingerprint density at radius 1 is 0.947 bits per heavy atom. The van der Waals surface area contributed by atoms with E-state index >= 15 is 0 Å². The van der Waals surface area contributed by atoms with Crippen LogP contribution in [0.2, 0.25) is 0 Å². The van der Waals surface area contributed by atoms with Crippen molar-refractivity contribution < 1.29 is 27.1 Å². The minimum Gasteiger partial charge on any atom is -0.748 e. The smallest absolute Gasteiger partial charge is 0.238 e. The van der Waals surface area contributed by atoms with Crippen molar-refractivity contribution in [2.24, 2.45) is 0 Å². The third kappa shape index (κ3) is 27.1. The Kier molecular flexibility index (Phi) is 15.7. The number of nitrogens with two attached hydrogens (primary N) is 1. The fourth-order valence-electron chi connectivity index (χ4n) is 1.46. The molecule has 0 amide bonds. The summed E-state index contributed by atoms with van der Waals surface area (Å²) in [7, 11) is -0.0684. The molecule has 0 aliphatic carbocycles. The first-order valence-electron chi connectivity index (χ1n) is 6.79. The van der Waals surface area contributed by atoms with E-state index in [1.54, 1.807) is 0 Å². The van der Waals surface area contributed by atoms with Crippen molar-refractivity contribution in [2.45, 2.75) is 57.8 Å². The van der Waals surface area contributed by atoms with E-state index in [0.29, 0.717) is 12.8 Å². The van der Waals surface area contributed by atoms with Crippen LogP contribution in [0.25, 0.3) is 0 Å². The largest absolute Gasteiger partial charge is 0.748 e. The molecule has 0 aromatic carbocycles. The van der Waals surface area contributed by atoms with Gasteiger partial charge in [-0.2, -0.15) is 0 Å². The van der Waals surface area contributed by atoms with Crippen molar-refractivity contribution in [3.8, 4) is 0 Å². The zero-order chi connectivity index (χ0) is 15.1. The van der Waals surface area contributed by atoms with Crippen LogP contribution in [0.3, 0.4) is 0 Å². The standard InChI is InChI=1S/C10H20F2O3S.C2H7N/c11-10(12)8-6-4-2-1-3-5-7-9-16(13,14)15;1-3-2/h10H,1-9H2,(H,13,14,15);3H,1-2H3. The van der Waals surface area contributed by atoms with Crippen molar-refractivity contribution in [3.63, 3.8) is 0 Å². The van der Waals surface area contributed by atoms with Crippen LogP contribution in [-0.4, -0.2) is 39.2 Å². The van der Waals surface area contributed by atoms with Gasteiger partial charge in [0.15, 0.2) is 0 Å². The summed E-state index contributed by atoms with van der Waals surface area (Å²) < 4.78 is 54.2. The van der Waals surface area contributed by atoms with Gasteiger partial charge in [-0.15, -0.1) is 0 Å². The van der Waals surface area contributed by atoms with Gasteiger partial charge >= 0.3 is 0 Å². The molecule has 0 heterocycles. The second-order valence-corrected chi connectivity index (χ2v) is 6.02. The van der Waals surface area contributed by atoms with Gasteiger partial charge in [0, 0.05) is 12.2 Å². The van der Waals surface area contributed by atoms with Gasteiger partial charge < -0.3 is 9.87 Å². The van der Waals surface area contributed by atoms with Crippen LogP contribution in [0.5, 0.6) is 0 Å². The summed E-state index contributed by atoms with van der Waals surface area (Å²) in [6.45, 7) is 0. The highest BCUT2D eigenvalue weighted by molar-refractivity contribution is 7.85. The molecule has 118 valence electrons. The molecule has 0 aromatic heterocycles. The zero-order valence-corrected chi connectivity index (χ0v) is 12.7. The number of alkyl halides is 2. The fourth-order valence-corrected chi connectivity index (χ4v) is 2.02. The van der Waals surface area contributed by atoms with E-state index in [1.165, 1.54) is 0 Å². The molecule has 0 atom stereocenters. The van der Waals surface area contributed by atoms with Crippen LogP contribution < -0.4 is 5.32 Å². The lowest BCUT2D eigenvalue weighted by atomic mass is 10.1. The Bertz CT molecular complexity index is 272. The van der Waals surface area contributed by atoms with E-state index in [2.05, 4.69) is 0 Å². The van der Waals surface area contributed by atoms with Crippen molar-refractivity contribution >= 4 is 10.1 Å². The molecule has 7 heteroatoms. The van der Waals surface area contributed by atoms with Crippen LogP contribution in [0.4, 0.5) is 8.78 Å². The lowest BCUT2D eigenvalue weighted by Crippen LogP contribution is -2.74. The molecule has 4 nitrogen and oxygen atoms in total. The van der Waals surface area contributed by atoms with Crippen molar-refractivity contribution in [1.29, 1.82) is 0 Å². The maximum atomic E-state index is 11.7. The number of unbranched alkanes of at least 4 members (excludes halogenated alkanes) is 6. The predicted molar refractivity (Wildman–Crippen MR) is 71.3 cm³/mol. The minimum absolute atomic E-state index is 0.0333. The average molecular weight is 303 g/mol. The van der Waals surface area contributed by atoms with E-state index in [-0.39, 0.29) is 12.2 Å². The van der Waals surface area contributed by atoms with Gasteiger partial charge in [-0.3, -0.25) is 0 Å². The maximum absolute atomic E-state index is 11.7. The van der Waals surface area contributed by atoms with Crippen LogP contribution in [0, 0.1) is 0 Å². The van der Waals surface area contributed by atoms with Crippen molar-refractivity contribution in [1.82, 2.24) is 0 Å². The monoisotopic (exact) mass is 303 g/mol. The van der Waals surface area contributed by atoms with Gasteiger partial charge in [-0.1, -0.05) is 32.1 Å². The van der Waals surface area contributed by atoms with Crippen LogP contribution in [0.15, 0.2) is 0 Å². The Morgan fingerprint density at radius 2 is 1.32 bits per heavy atom. The summed E-state index contributed by atoms with van der Waals surface area (Å²) in [6, 6.07) is 0. The average Bonchev–Trinajstić information content (AvgIpc) is 2.26. The topological polar surface area (TPSA) is 73.8 Å². The fraction of sp³-hybridized carbons (Fsp3) is 1.00. The summed E-state index contributed by atoms with van der Waals surface area (Å²) in [5.41, 5.74) is 0. The van der Waals surface area contributed by atoms with Gasteiger partial charge in [-0.05, 0) is 12.8 Å². The molecule has 0 fully saturated rings. The molecule has 0 saturated carbocycles. The molecule has 0 aliphatic rings. The van der Waals surface area contributed by atoms with Crippen LogP contribution >= 0.6 is 0 Å². The van der Waals surface area contributed by atoms with Crippen molar-refractivity contribution in [3.05, 3.63) is 0 Å². The van der Waals surface area contributed by atoms with E-state index < -0.39 is 16.5 Å². The van der Waals surface area contributed by atoms with Crippen LogP contribution in [0.1, 0.15) is 51.4 Å². The summed E-state index contributed by atoms with van der Waals surface area (Å²) in [5.74, 6) is -0.293. The van der Waals surface area contributed by atoms with Gasteiger partial charge in [0.2, 0.25) is 6.43 Å². The molecule has 0 radical (unpaired) electrons. The van der Waals surface area contributed by atoms with Gasteiger partial charge in [-0.25, -0.2) is 17.2 Å². The summed E-state index contributed by atoms with van der Waals surface area (Å²) >= 11 is 0. The van der Waals surface area contributed by atoms with Gasteiger partial charge in [0.1, 0.15) is 0 Å². The molecule has 2 N–H and O–H groups in total. The summed E-state index contributed by atoms with van der Waals surface area (Å²) in [5, 5.41) is 2.00. The maximum Gasteiger partial charge on any atom is 0.238 e. The SMILES string of the molecule is C[NH2+]C.O=S(=O)([O-])CCCCCCCCCC(F)F. The second-order valence-electron chi connectivity index (χ2n) is 4.49. The van der Waals surface area contributed by atoms with Gasteiger partial charge in [0.25, 0.3) is 0 Å². The molecule has 0 unspecified atom stereocenters. The predicted octanol–water partition coefficient (Wildman–Crippen LogP) is 1.73. The van der Waals surface area contributed by atoms with E-state index in [0.717, 1.165) is 32.1 Å². The quantitative estimate of drug-likeness (QED) is 0.493. The summed E-state index contributed by atoms with van der Waals surface area (Å²) in [6.07, 6.45) is 2.91. The number of hydrogen-bond acceptors (Lipinski definition) is 3. The first kappa shape index (κ1) is 21.0. The minimum atomic E-state index is -4.07. The number of quaternary nitrogens is 1. The third-order valence-corrected chi connectivity index (χ3v) is 3.11. The molecule has 0 bridgehead atoms. The Balaban J connectivity index is 0. The molecular weight excluding hydrogens is 276 g/mol. The molecule has 0 aliphatic heterocycles. The van der Waals surface area contributed by atoms with E-state index in [9.17, 15) is 21.8 Å². The molecule has 0 rings (SSSR count). The normalized spacial score (nSPS) is 11.3.